The number of nitrogens with one attached hydrogen (secondary N) is 1. The number of carbonyl (C=O) groups excluding carboxylic acids is 1. The van der Waals surface area contributed by atoms with Crippen molar-refractivity contribution in [3.8, 4) is 11.8 Å². The Balaban J connectivity index is 1.49. The third kappa shape index (κ3) is 4.20. The number of fused-ring (bicyclic) bond motifs is 1. The van der Waals surface area contributed by atoms with Crippen molar-refractivity contribution >= 4 is 22.4 Å². The number of aromatic hydroxyl groups is 1. The van der Waals surface area contributed by atoms with E-state index in [-0.39, 0.29) is 17.5 Å². The van der Waals surface area contributed by atoms with Gasteiger partial charge in [0.2, 0.25) is 11.8 Å². The number of nitrogens with zero attached hydrogens (tertiary/aromatic N) is 2. The molecule has 0 atom stereocenters. The van der Waals surface area contributed by atoms with E-state index in [1.807, 2.05) is 18.2 Å². The maximum absolute atomic E-state index is 12.3. The smallest absolute Gasteiger partial charge is 0.274 e. The second-order valence-corrected chi connectivity index (χ2v) is 6.75. The van der Waals surface area contributed by atoms with Crippen molar-refractivity contribution in [2.24, 2.45) is 5.92 Å². The molecule has 0 radical (unpaired) electrons. The molecular weight excluding hydrogens is 358 g/mol. The number of rotatable bonds is 5. The lowest BCUT2D eigenvalue weighted by Crippen LogP contribution is -2.21. The first-order valence-electron chi connectivity index (χ1n) is 9.26. The summed E-state index contributed by atoms with van der Waals surface area (Å²) in [5.41, 5.74) is 0.777. The molecule has 144 valence electrons. The van der Waals surface area contributed by atoms with Crippen LogP contribution in [0.5, 0.6) is 11.8 Å². The molecule has 2 N–H and O–H groups in total. The normalized spacial score (nSPS) is 14.7. The van der Waals surface area contributed by atoms with Crippen LogP contribution in [0.25, 0.3) is 10.8 Å². The van der Waals surface area contributed by atoms with E-state index in [1.54, 1.807) is 24.4 Å². The number of aromatic nitrogens is 2. The first kappa shape index (κ1) is 18.2. The van der Waals surface area contributed by atoms with E-state index in [1.165, 1.54) is 6.07 Å². The molecule has 1 saturated heterocycles. The van der Waals surface area contributed by atoms with Crippen molar-refractivity contribution < 1.29 is 19.4 Å². The second kappa shape index (κ2) is 8.22. The molecule has 0 spiro atoms. The zero-order chi connectivity index (χ0) is 19.3. The van der Waals surface area contributed by atoms with Crippen LogP contribution in [0.15, 0.2) is 48.7 Å². The van der Waals surface area contributed by atoms with E-state index in [0.717, 1.165) is 36.8 Å². The number of anilines is 1. The fraction of sp³-hybridized carbons (Fsp3) is 0.286. The third-order valence-corrected chi connectivity index (χ3v) is 4.75. The van der Waals surface area contributed by atoms with Gasteiger partial charge < -0.3 is 19.9 Å². The Morgan fingerprint density at radius 2 is 2.07 bits per heavy atom. The minimum atomic E-state index is -0.389. The number of carbonyl (C=O) groups is 1. The summed E-state index contributed by atoms with van der Waals surface area (Å²) in [5, 5.41) is 14.0. The summed E-state index contributed by atoms with van der Waals surface area (Å²) >= 11 is 0. The van der Waals surface area contributed by atoms with Gasteiger partial charge >= 0.3 is 0 Å². The summed E-state index contributed by atoms with van der Waals surface area (Å²) in [6.07, 6.45) is 3.71. The Morgan fingerprint density at radius 3 is 2.89 bits per heavy atom. The topological polar surface area (TPSA) is 93.6 Å². The highest BCUT2D eigenvalue weighted by atomic mass is 16.5. The number of ether oxygens (including phenoxy) is 2. The van der Waals surface area contributed by atoms with Crippen molar-refractivity contribution in [1.29, 1.82) is 0 Å². The average molecular weight is 379 g/mol. The molecule has 4 rings (SSSR count). The standard InChI is InChI=1S/C21H21N3O4/c25-19-3-1-2-18(24-19)20(26)23-16-4-5-17-15(12-16)6-9-22-21(17)28-13-14-7-10-27-11-8-14/h1-6,9,12,14H,7-8,10-11,13H2,(H,23,26)(H,24,25). The van der Waals surface area contributed by atoms with Crippen molar-refractivity contribution in [2.75, 3.05) is 25.1 Å². The number of pyridine rings is 2. The van der Waals surface area contributed by atoms with Crippen LogP contribution in [-0.2, 0) is 4.74 Å². The SMILES string of the molecule is O=C(Nc1ccc2c(OCC3CCOCC3)nccc2c1)c1cccc(O)n1. The summed E-state index contributed by atoms with van der Waals surface area (Å²) in [7, 11) is 0. The summed E-state index contributed by atoms with van der Waals surface area (Å²) in [6, 6.07) is 12.0. The first-order chi connectivity index (χ1) is 13.7. The molecule has 1 aromatic carbocycles. The van der Waals surface area contributed by atoms with Crippen molar-refractivity contribution in [3.05, 3.63) is 54.4 Å². The van der Waals surface area contributed by atoms with Gasteiger partial charge in [-0.3, -0.25) is 4.79 Å². The monoisotopic (exact) mass is 379 g/mol. The maximum Gasteiger partial charge on any atom is 0.274 e. The number of benzene rings is 1. The number of hydrogen-bond acceptors (Lipinski definition) is 6. The molecule has 2 aromatic heterocycles. The van der Waals surface area contributed by atoms with Gasteiger partial charge in [-0.05, 0) is 54.5 Å². The Morgan fingerprint density at radius 1 is 1.21 bits per heavy atom. The van der Waals surface area contributed by atoms with Crippen LogP contribution >= 0.6 is 0 Å². The summed E-state index contributed by atoms with van der Waals surface area (Å²) in [5.74, 6) is 0.500. The lowest BCUT2D eigenvalue weighted by Gasteiger charge is -2.22. The second-order valence-electron chi connectivity index (χ2n) is 6.75. The van der Waals surface area contributed by atoms with Gasteiger partial charge in [-0.15, -0.1) is 0 Å². The summed E-state index contributed by atoms with van der Waals surface area (Å²) in [4.78, 5) is 20.5. The molecule has 3 heterocycles. The van der Waals surface area contributed by atoms with Gasteiger partial charge in [0.05, 0.1) is 6.61 Å². The van der Waals surface area contributed by atoms with Crippen molar-refractivity contribution in [1.82, 2.24) is 9.97 Å². The lowest BCUT2D eigenvalue weighted by molar-refractivity contribution is 0.0493. The molecule has 1 aliphatic heterocycles. The molecular formula is C21H21N3O4. The third-order valence-electron chi connectivity index (χ3n) is 4.75. The van der Waals surface area contributed by atoms with Gasteiger partial charge in [-0.25, -0.2) is 9.97 Å². The Labute approximate surface area is 162 Å². The van der Waals surface area contributed by atoms with Crippen LogP contribution in [0, 0.1) is 5.92 Å². The zero-order valence-corrected chi connectivity index (χ0v) is 15.3. The van der Waals surface area contributed by atoms with E-state index in [9.17, 15) is 9.90 Å². The van der Waals surface area contributed by atoms with Gasteiger partial charge in [0.15, 0.2) is 0 Å². The van der Waals surface area contributed by atoms with Crippen LogP contribution in [0.2, 0.25) is 0 Å². The quantitative estimate of drug-likeness (QED) is 0.706. The Hall–Kier alpha value is -3.19. The minimum Gasteiger partial charge on any atom is -0.493 e. The maximum atomic E-state index is 12.3. The van der Waals surface area contributed by atoms with Crippen LogP contribution in [-0.4, -0.2) is 40.8 Å². The predicted octanol–water partition coefficient (Wildman–Crippen LogP) is 3.39. The van der Waals surface area contributed by atoms with E-state index in [2.05, 4.69) is 15.3 Å². The minimum absolute atomic E-state index is 0.148. The summed E-state index contributed by atoms with van der Waals surface area (Å²) < 4.78 is 11.4. The van der Waals surface area contributed by atoms with Crippen molar-refractivity contribution in [3.63, 3.8) is 0 Å². The molecule has 0 aliphatic carbocycles. The Kier molecular flexibility index (Phi) is 5.34. The molecule has 0 bridgehead atoms. The van der Waals surface area contributed by atoms with Gasteiger partial charge in [0.25, 0.3) is 5.91 Å². The first-order valence-corrected chi connectivity index (χ1v) is 9.26. The van der Waals surface area contributed by atoms with Gasteiger partial charge in [-0.2, -0.15) is 0 Å². The van der Waals surface area contributed by atoms with E-state index < -0.39 is 0 Å². The average Bonchev–Trinajstić information content (AvgIpc) is 2.72. The highest BCUT2D eigenvalue weighted by molar-refractivity contribution is 6.04. The molecule has 1 amide bonds. The molecule has 28 heavy (non-hydrogen) atoms. The van der Waals surface area contributed by atoms with Crippen molar-refractivity contribution in [2.45, 2.75) is 12.8 Å². The van der Waals surface area contributed by atoms with Gasteiger partial charge in [-0.1, -0.05) is 6.07 Å². The number of amides is 1. The molecule has 0 saturated carbocycles. The summed E-state index contributed by atoms with van der Waals surface area (Å²) in [6.45, 7) is 2.19. The van der Waals surface area contributed by atoms with Gasteiger partial charge in [0, 0.05) is 36.6 Å². The van der Waals surface area contributed by atoms with Crippen LogP contribution in [0.1, 0.15) is 23.3 Å². The molecule has 1 aliphatic rings. The van der Waals surface area contributed by atoms with Crippen LogP contribution in [0.4, 0.5) is 5.69 Å². The predicted molar refractivity (Wildman–Crippen MR) is 105 cm³/mol. The molecule has 7 heteroatoms. The number of hydrogen-bond donors (Lipinski definition) is 2. The van der Waals surface area contributed by atoms with E-state index in [0.29, 0.717) is 24.1 Å². The fourth-order valence-corrected chi connectivity index (χ4v) is 3.20. The lowest BCUT2D eigenvalue weighted by atomic mass is 10.0. The fourth-order valence-electron chi connectivity index (χ4n) is 3.20. The Bertz CT molecular complexity index is 986. The molecule has 1 fully saturated rings. The zero-order valence-electron chi connectivity index (χ0n) is 15.3. The largest absolute Gasteiger partial charge is 0.493 e. The van der Waals surface area contributed by atoms with Crippen LogP contribution < -0.4 is 10.1 Å². The molecule has 7 nitrogen and oxygen atoms in total. The molecule has 0 unspecified atom stereocenters. The van der Waals surface area contributed by atoms with E-state index >= 15 is 0 Å². The van der Waals surface area contributed by atoms with Crippen LogP contribution in [0.3, 0.4) is 0 Å². The van der Waals surface area contributed by atoms with Gasteiger partial charge in [0.1, 0.15) is 5.69 Å². The van der Waals surface area contributed by atoms with E-state index in [4.69, 9.17) is 9.47 Å². The highest BCUT2D eigenvalue weighted by Gasteiger charge is 2.16. The molecule has 3 aromatic rings. The highest BCUT2D eigenvalue weighted by Crippen LogP contribution is 2.27.